The monoisotopic (exact) mass is 848 g/mol. The van der Waals surface area contributed by atoms with Gasteiger partial charge in [0.05, 0.1) is 54.0 Å². The zero-order chi connectivity index (χ0) is 44.8. The number of carboxylic acid groups (broad SMARTS) is 2. The van der Waals surface area contributed by atoms with Crippen LogP contribution in [0.2, 0.25) is 0 Å². The summed E-state index contributed by atoms with van der Waals surface area (Å²) < 4.78 is 33.2. The Morgan fingerprint density at radius 1 is 0.633 bits per heavy atom. The van der Waals surface area contributed by atoms with Crippen molar-refractivity contribution in [1.29, 1.82) is 0 Å². The SMILES string of the molecule is C=C1CC[C@H]2[C@](C)(COC(=O)[C@@H](CC(=O)O)[C@H](OC[C@H]3C(=C)CC[C@H]4[C@](C)(CO)CCC[C@@]34C)C(=O)OC)CCC[C@@]2(C)[C@H]1CO[C@@H](C(=O)OC)[C@H](CC(=O)O)C(=O)OC. The molecular formula is C45H68O15. The minimum atomic E-state index is -1.56. The number of aliphatic carboxylic acids is 2. The van der Waals surface area contributed by atoms with Gasteiger partial charge in [0, 0.05) is 23.9 Å². The van der Waals surface area contributed by atoms with Crippen LogP contribution in [0.5, 0.6) is 0 Å². The van der Waals surface area contributed by atoms with Crippen LogP contribution in [0.3, 0.4) is 0 Å². The third-order valence-corrected chi connectivity index (χ3v) is 15.3. The molecule has 60 heavy (non-hydrogen) atoms. The Labute approximate surface area is 353 Å². The second-order valence-corrected chi connectivity index (χ2v) is 18.9. The van der Waals surface area contributed by atoms with Crippen LogP contribution in [0.15, 0.2) is 24.3 Å². The lowest BCUT2D eigenvalue weighted by atomic mass is 9.47. The maximum absolute atomic E-state index is 14.1. The largest absolute Gasteiger partial charge is 0.481 e. The fourth-order valence-electron chi connectivity index (χ4n) is 12.0. The average molecular weight is 849 g/mol. The molecule has 0 amide bonds. The number of esters is 4. The van der Waals surface area contributed by atoms with E-state index in [1.54, 1.807) is 0 Å². The topological polar surface area (TPSA) is 218 Å². The fourth-order valence-corrected chi connectivity index (χ4v) is 12.0. The van der Waals surface area contributed by atoms with E-state index in [2.05, 4.69) is 33.9 Å². The van der Waals surface area contributed by atoms with Crippen molar-refractivity contribution in [3.63, 3.8) is 0 Å². The molecule has 0 aromatic rings. The van der Waals surface area contributed by atoms with Crippen molar-refractivity contribution in [2.45, 2.75) is 117 Å². The highest BCUT2D eigenvalue weighted by Crippen LogP contribution is 2.62. The van der Waals surface area contributed by atoms with Gasteiger partial charge < -0.3 is 43.7 Å². The molecule has 4 fully saturated rings. The molecular weight excluding hydrogens is 780 g/mol. The summed E-state index contributed by atoms with van der Waals surface area (Å²) in [6, 6.07) is 0. The highest BCUT2D eigenvalue weighted by atomic mass is 16.6. The highest BCUT2D eigenvalue weighted by Gasteiger charge is 2.57. The molecule has 0 aromatic heterocycles. The smallest absolute Gasteiger partial charge is 0.335 e. The molecule has 3 N–H and O–H groups in total. The van der Waals surface area contributed by atoms with Crippen molar-refractivity contribution in [2.24, 2.45) is 57.2 Å². The van der Waals surface area contributed by atoms with Crippen LogP contribution in [-0.4, -0.2) is 111 Å². The van der Waals surface area contributed by atoms with E-state index in [1.807, 2.05) is 6.92 Å². The highest BCUT2D eigenvalue weighted by molar-refractivity contribution is 5.87. The van der Waals surface area contributed by atoms with Gasteiger partial charge >= 0.3 is 35.8 Å². The van der Waals surface area contributed by atoms with Gasteiger partial charge in [-0.3, -0.25) is 19.2 Å². The molecule has 4 aliphatic carbocycles. The van der Waals surface area contributed by atoms with E-state index in [9.17, 15) is 44.1 Å². The summed E-state index contributed by atoms with van der Waals surface area (Å²) in [6.45, 7) is 17.0. The lowest BCUT2D eigenvalue weighted by Crippen LogP contribution is -2.54. The summed E-state index contributed by atoms with van der Waals surface area (Å²) in [7, 11) is 3.37. The zero-order valence-electron chi connectivity index (χ0n) is 36.6. The van der Waals surface area contributed by atoms with Crippen LogP contribution in [0.25, 0.3) is 0 Å². The molecule has 4 aliphatic rings. The number of hydrogen-bond donors (Lipinski definition) is 3. The average Bonchev–Trinajstić information content (AvgIpc) is 3.19. The molecule has 0 bridgehead atoms. The van der Waals surface area contributed by atoms with E-state index < -0.39 is 83.5 Å². The summed E-state index contributed by atoms with van der Waals surface area (Å²) in [6.07, 6.45) is 3.09. The Kier molecular flexibility index (Phi) is 16.2. The number of aliphatic hydroxyl groups excluding tert-OH is 1. The number of carbonyl (C=O) groups excluding carboxylic acids is 4. The Morgan fingerprint density at radius 3 is 1.43 bits per heavy atom. The number of carboxylic acids is 2. The molecule has 0 heterocycles. The lowest BCUT2D eigenvalue weighted by molar-refractivity contribution is -0.181. The second kappa shape index (κ2) is 19.9. The van der Waals surface area contributed by atoms with Gasteiger partial charge in [-0.15, -0.1) is 0 Å². The Balaban J connectivity index is 1.55. The molecule has 0 unspecified atom stereocenters. The third-order valence-electron chi connectivity index (χ3n) is 15.3. The Morgan fingerprint density at radius 2 is 1.03 bits per heavy atom. The quantitative estimate of drug-likeness (QED) is 0.0825. The van der Waals surface area contributed by atoms with Crippen molar-refractivity contribution in [2.75, 3.05) is 47.8 Å². The third kappa shape index (κ3) is 10.1. The predicted octanol–water partition coefficient (Wildman–Crippen LogP) is 5.55. The Hall–Kier alpha value is -3.82. The van der Waals surface area contributed by atoms with Crippen LogP contribution in [-0.2, 0) is 57.2 Å². The van der Waals surface area contributed by atoms with Gasteiger partial charge in [0.1, 0.15) is 11.8 Å². The summed E-state index contributed by atoms with van der Waals surface area (Å²) in [5.41, 5.74) is 0.124. The molecule has 0 aliphatic heterocycles. The summed E-state index contributed by atoms with van der Waals surface area (Å²) in [4.78, 5) is 77.0. The van der Waals surface area contributed by atoms with E-state index in [0.29, 0.717) is 19.3 Å². The summed E-state index contributed by atoms with van der Waals surface area (Å²) in [5.74, 6) is -9.69. The number of carbonyl (C=O) groups is 6. The fraction of sp³-hybridized carbons (Fsp3) is 0.778. The van der Waals surface area contributed by atoms with Crippen LogP contribution in [0.1, 0.15) is 105 Å². The Bertz CT molecular complexity index is 1640. The molecule has 0 aromatic carbocycles. The van der Waals surface area contributed by atoms with Crippen molar-refractivity contribution < 1.29 is 72.5 Å². The number of aliphatic hydroxyl groups is 1. The maximum atomic E-state index is 14.1. The van der Waals surface area contributed by atoms with Gasteiger partial charge in [0.25, 0.3) is 0 Å². The molecule has 4 saturated carbocycles. The molecule has 15 heteroatoms. The molecule has 12 atom stereocenters. The molecule has 0 spiro atoms. The summed E-state index contributed by atoms with van der Waals surface area (Å²) in [5, 5.41) is 29.9. The lowest BCUT2D eigenvalue weighted by Gasteiger charge is -2.58. The van der Waals surface area contributed by atoms with Gasteiger partial charge in [0.15, 0.2) is 12.2 Å². The minimum Gasteiger partial charge on any atom is -0.481 e. The normalized spacial score (nSPS) is 33.5. The molecule has 0 saturated heterocycles. The van der Waals surface area contributed by atoms with Gasteiger partial charge in [0.2, 0.25) is 0 Å². The summed E-state index contributed by atoms with van der Waals surface area (Å²) >= 11 is 0. The second-order valence-electron chi connectivity index (χ2n) is 18.9. The van der Waals surface area contributed by atoms with E-state index in [1.165, 1.54) is 0 Å². The number of rotatable bonds is 19. The van der Waals surface area contributed by atoms with E-state index in [-0.39, 0.29) is 60.9 Å². The van der Waals surface area contributed by atoms with Gasteiger partial charge in [-0.2, -0.15) is 0 Å². The first-order chi connectivity index (χ1) is 28.2. The first kappa shape index (κ1) is 48.8. The van der Waals surface area contributed by atoms with Crippen molar-refractivity contribution in [1.82, 2.24) is 0 Å². The van der Waals surface area contributed by atoms with Crippen LogP contribution >= 0.6 is 0 Å². The molecule has 4 rings (SSSR count). The van der Waals surface area contributed by atoms with Crippen LogP contribution in [0, 0.1) is 57.2 Å². The van der Waals surface area contributed by atoms with Crippen molar-refractivity contribution in [3.05, 3.63) is 24.3 Å². The van der Waals surface area contributed by atoms with Gasteiger partial charge in [-0.25, -0.2) is 9.59 Å². The predicted molar refractivity (Wildman–Crippen MR) is 216 cm³/mol. The van der Waals surface area contributed by atoms with Gasteiger partial charge in [-0.05, 0) is 79.4 Å². The van der Waals surface area contributed by atoms with Gasteiger partial charge in [-0.1, -0.05) is 64.8 Å². The zero-order valence-corrected chi connectivity index (χ0v) is 36.6. The van der Waals surface area contributed by atoms with Crippen LogP contribution in [0.4, 0.5) is 0 Å². The molecule has 338 valence electrons. The number of methoxy groups -OCH3 is 3. The number of ether oxygens (including phenoxy) is 6. The number of hydrogen-bond acceptors (Lipinski definition) is 13. The number of fused-ring (bicyclic) bond motifs is 2. The first-order valence-electron chi connectivity index (χ1n) is 21.2. The van der Waals surface area contributed by atoms with E-state index in [0.717, 1.165) is 77.4 Å². The van der Waals surface area contributed by atoms with Crippen LogP contribution < -0.4 is 0 Å². The molecule has 15 nitrogen and oxygen atoms in total. The molecule has 0 radical (unpaired) electrons. The van der Waals surface area contributed by atoms with E-state index >= 15 is 0 Å². The van der Waals surface area contributed by atoms with E-state index in [4.69, 9.17) is 28.4 Å². The van der Waals surface area contributed by atoms with Crippen molar-refractivity contribution in [3.8, 4) is 0 Å². The van der Waals surface area contributed by atoms with Crippen molar-refractivity contribution >= 4 is 35.8 Å². The minimum absolute atomic E-state index is 0.00944. The standard InChI is InChI=1S/C45H68O15/c1-26-12-14-32-42(3,24-46)16-10-18-44(32,5)30(26)22-59-37(41(54)57-9)29(21-35(49)50)39(52)60-25-43(4)17-11-19-45(6)31(27(2)13-15-33(43)45)23-58-36(40(53)56-8)28(20-34(47)48)38(51)55-7/h28-33,36-37,46H,1-2,10-25H2,3-9H3,(H,47,48)(H,49,50)/t28-,29-,30-,31-,32-,33-,36+,37-,42-,43-,44-,45-/m0/s1. The maximum Gasteiger partial charge on any atom is 0.335 e. The first-order valence-corrected chi connectivity index (χ1v) is 21.2.